The van der Waals surface area contributed by atoms with Crippen molar-refractivity contribution in [3.63, 3.8) is 0 Å². The van der Waals surface area contributed by atoms with E-state index in [9.17, 15) is 19.5 Å². The van der Waals surface area contributed by atoms with E-state index in [1.54, 1.807) is 12.1 Å². The smallest absolute Gasteiger partial charge is 0.408 e. The molecule has 0 fully saturated rings. The van der Waals surface area contributed by atoms with E-state index in [0.717, 1.165) is 11.1 Å². The molecule has 0 aliphatic heterocycles. The van der Waals surface area contributed by atoms with Crippen LogP contribution in [-0.4, -0.2) is 35.1 Å². The van der Waals surface area contributed by atoms with Gasteiger partial charge in [0.1, 0.15) is 24.4 Å². The van der Waals surface area contributed by atoms with Crippen molar-refractivity contribution in [1.29, 1.82) is 0 Å². The number of carbonyl (C=O) groups excluding carboxylic acids is 3. The molecule has 2 aromatic carbocycles. The van der Waals surface area contributed by atoms with E-state index in [1.807, 2.05) is 44.2 Å². The Morgan fingerprint density at radius 2 is 1.58 bits per heavy atom. The zero-order valence-electron chi connectivity index (χ0n) is 17.7. The van der Waals surface area contributed by atoms with Crippen LogP contribution in [0, 0.1) is 5.92 Å². The predicted molar refractivity (Wildman–Crippen MR) is 116 cm³/mol. The molecule has 0 spiro atoms. The zero-order valence-corrected chi connectivity index (χ0v) is 17.7. The number of amides is 3. The Morgan fingerprint density at radius 1 is 0.935 bits per heavy atom. The molecule has 8 heteroatoms. The fourth-order valence-electron chi connectivity index (χ4n) is 2.97. The van der Waals surface area contributed by atoms with Gasteiger partial charge in [-0.05, 0) is 35.6 Å². The minimum Gasteiger partial charge on any atom is -0.508 e. The van der Waals surface area contributed by atoms with Gasteiger partial charge in [0.15, 0.2) is 0 Å². The van der Waals surface area contributed by atoms with Crippen LogP contribution in [0.25, 0.3) is 0 Å². The van der Waals surface area contributed by atoms with Gasteiger partial charge in [0.25, 0.3) is 0 Å². The Kier molecular flexibility index (Phi) is 8.87. The molecule has 3 amide bonds. The first-order valence-electron chi connectivity index (χ1n) is 10.1. The molecule has 2 aromatic rings. The van der Waals surface area contributed by atoms with Crippen molar-refractivity contribution in [2.45, 2.75) is 45.4 Å². The van der Waals surface area contributed by atoms with Gasteiger partial charge in [-0.25, -0.2) is 4.79 Å². The molecule has 5 N–H and O–H groups in total. The highest BCUT2D eigenvalue weighted by Gasteiger charge is 2.27. The molecule has 2 atom stereocenters. The van der Waals surface area contributed by atoms with Crippen LogP contribution in [0.5, 0.6) is 5.75 Å². The number of nitrogens with two attached hydrogens (primary N) is 1. The van der Waals surface area contributed by atoms with Gasteiger partial charge in [0.05, 0.1) is 0 Å². The minimum absolute atomic E-state index is 0.0768. The molecule has 166 valence electrons. The number of ether oxygens (including phenoxy) is 1. The van der Waals surface area contributed by atoms with Crippen molar-refractivity contribution in [2.24, 2.45) is 11.7 Å². The largest absolute Gasteiger partial charge is 0.508 e. The Hall–Kier alpha value is -3.55. The van der Waals surface area contributed by atoms with E-state index in [2.05, 4.69) is 10.6 Å². The van der Waals surface area contributed by atoms with Gasteiger partial charge in [-0.15, -0.1) is 0 Å². The lowest BCUT2D eigenvalue weighted by Gasteiger charge is -2.23. The molecular weight excluding hydrogens is 398 g/mol. The Labute approximate surface area is 181 Å². The minimum atomic E-state index is -0.964. The fourth-order valence-corrected chi connectivity index (χ4v) is 2.97. The lowest BCUT2D eigenvalue weighted by molar-refractivity contribution is -0.128. The number of aromatic hydroxyl groups is 1. The van der Waals surface area contributed by atoms with E-state index in [1.165, 1.54) is 12.1 Å². The molecule has 0 saturated carbocycles. The number of carbonyl (C=O) groups is 3. The molecule has 0 aromatic heterocycles. The van der Waals surface area contributed by atoms with Crippen molar-refractivity contribution in [3.8, 4) is 5.75 Å². The van der Waals surface area contributed by atoms with Crippen LogP contribution >= 0.6 is 0 Å². The van der Waals surface area contributed by atoms with Crippen molar-refractivity contribution >= 4 is 17.9 Å². The lowest BCUT2D eigenvalue weighted by Crippen LogP contribution is -2.54. The second-order valence-electron chi connectivity index (χ2n) is 7.72. The number of hydrogen-bond donors (Lipinski definition) is 4. The van der Waals surface area contributed by atoms with Gasteiger partial charge >= 0.3 is 6.09 Å². The third kappa shape index (κ3) is 8.38. The SMILES string of the molecule is CC(C)C[C@@H](NC(=O)OCc1ccccc1)C(=O)N[C@H](Cc1ccc(O)cc1)C(N)=O. The number of rotatable bonds is 10. The Bertz CT molecular complexity index is 869. The zero-order chi connectivity index (χ0) is 22.8. The molecule has 31 heavy (non-hydrogen) atoms. The van der Waals surface area contributed by atoms with E-state index in [-0.39, 0.29) is 24.7 Å². The maximum Gasteiger partial charge on any atom is 0.408 e. The summed E-state index contributed by atoms with van der Waals surface area (Å²) in [6.07, 6.45) is -0.204. The highest BCUT2D eigenvalue weighted by atomic mass is 16.5. The second kappa shape index (κ2) is 11.6. The number of nitrogens with one attached hydrogen (secondary N) is 2. The van der Waals surface area contributed by atoms with Gasteiger partial charge in [0, 0.05) is 6.42 Å². The van der Waals surface area contributed by atoms with Crippen molar-refractivity contribution in [2.75, 3.05) is 0 Å². The monoisotopic (exact) mass is 427 g/mol. The topological polar surface area (TPSA) is 131 Å². The summed E-state index contributed by atoms with van der Waals surface area (Å²) in [5.41, 5.74) is 7.01. The quantitative estimate of drug-likeness (QED) is 0.462. The van der Waals surface area contributed by atoms with Gasteiger partial charge in [-0.2, -0.15) is 0 Å². The van der Waals surface area contributed by atoms with Crippen LogP contribution in [-0.2, 0) is 27.4 Å². The first-order valence-corrected chi connectivity index (χ1v) is 10.1. The number of alkyl carbamates (subject to hydrolysis) is 1. The highest BCUT2D eigenvalue weighted by Crippen LogP contribution is 2.12. The molecular formula is C23H29N3O5. The third-order valence-corrected chi connectivity index (χ3v) is 4.56. The summed E-state index contributed by atoms with van der Waals surface area (Å²) in [6.45, 7) is 3.91. The molecule has 2 rings (SSSR count). The van der Waals surface area contributed by atoms with Crippen LogP contribution in [0.4, 0.5) is 4.79 Å². The van der Waals surface area contributed by atoms with E-state index in [4.69, 9.17) is 10.5 Å². The summed E-state index contributed by atoms with van der Waals surface area (Å²) in [6, 6.07) is 13.6. The van der Waals surface area contributed by atoms with Gasteiger partial charge in [-0.3, -0.25) is 9.59 Å². The number of hydrogen-bond acceptors (Lipinski definition) is 5. The van der Waals surface area contributed by atoms with Crippen LogP contribution in [0.15, 0.2) is 54.6 Å². The Balaban J connectivity index is 1.99. The van der Waals surface area contributed by atoms with Crippen LogP contribution in [0.2, 0.25) is 0 Å². The maximum atomic E-state index is 12.8. The summed E-state index contributed by atoms with van der Waals surface area (Å²) < 4.78 is 5.20. The average Bonchev–Trinajstić information content (AvgIpc) is 2.73. The molecule has 8 nitrogen and oxygen atoms in total. The van der Waals surface area contributed by atoms with Crippen molar-refractivity contribution in [1.82, 2.24) is 10.6 Å². The van der Waals surface area contributed by atoms with Gasteiger partial charge in [-0.1, -0.05) is 56.3 Å². The summed E-state index contributed by atoms with van der Waals surface area (Å²) >= 11 is 0. The molecule has 0 aliphatic carbocycles. The molecule has 0 radical (unpaired) electrons. The van der Waals surface area contributed by atoms with Crippen molar-refractivity contribution in [3.05, 3.63) is 65.7 Å². The first kappa shape index (κ1) is 23.7. The lowest BCUT2D eigenvalue weighted by atomic mass is 10.0. The first-order chi connectivity index (χ1) is 14.7. The molecule has 0 heterocycles. The van der Waals surface area contributed by atoms with Gasteiger partial charge in [0.2, 0.25) is 11.8 Å². The van der Waals surface area contributed by atoms with E-state index >= 15 is 0 Å². The summed E-state index contributed by atoms with van der Waals surface area (Å²) in [4.78, 5) is 36.9. The maximum absolute atomic E-state index is 12.8. The van der Waals surface area contributed by atoms with Crippen LogP contribution < -0.4 is 16.4 Å². The number of phenolic OH excluding ortho intramolecular Hbond substituents is 1. The summed E-state index contributed by atoms with van der Waals surface area (Å²) in [5.74, 6) is -1.02. The van der Waals surface area contributed by atoms with Crippen molar-refractivity contribution < 1.29 is 24.2 Å². The Morgan fingerprint density at radius 3 is 2.16 bits per heavy atom. The third-order valence-electron chi connectivity index (χ3n) is 4.56. The molecule has 0 saturated heterocycles. The number of benzene rings is 2. The normalized spacial score (nSPS) is 12.6. The standard InChI is InChI=1S/C23H29N3O5/c1-15(2)12-20(26-23(30)31-14-17-6-4-3-5-7-17)22(29)25-19(21(24)28)13-16-8-10-18(27)11-9-16/h3-11,15,19-20,27H,12-14H2,1-2H3,(H2,24,28)(H,25,29)(H,26,30)/t19-,20-/m1/s1. The fraction of sp³-hybridized carbons (Fsp3) is 0.348. The highest BCUT2D eigenvalue weighted by molar-refractivity contribution is 5.90. The number of primary amides is 1. The predicted octanol–water partition coefficient (Wildman–Crippen LogP) is 2.25. The molecule has 0 unspecified atom stereocenters. The average molecular weight is 428 g/mol. The molecule has 0 aliphatic rings. The molecule has 0 bridgehead atoms. The van der Waals surface area contributed by atoms with E-state index in [0.29, 0.717) is 6.42 Å². The van der Waals surface area contributed by atoms with Gasteiger partial charge < -0.3 is 26.2 Å². The van der Waals surface area contributed by atoms with E-state index < -0.39 is 30.0 Å². The summed E-state index contributed by atoms with van der Waals surface area (Å²) in [7, 11) is 0. The van der Waals surface area contributed by atoms with Crippen LogP contribution in [0.3, 0.4) is 0 Å². The van der Waals surface area contributed by atoms with Crippen LogP contribution in [0.1, 0.15) is 31.4 Å². The second-order valence-corrected chi connectivity index (χ2v) is 7.72. The summed E-state index contributed by atoms with van der Waals surface area (Å²) in [5, 5.41) is 14.6. The number of phenols is 1.